The van der Waals surface area contributed by atoms with Gasteiger partial charge in [0.05, 0.1) is 21.1 Å². The molecule has 0 spiro atoms. The number of esters is 1. The van der Waals surface area contributed by atoms with Gasteiger partial charge in [-0.25, -0.2) is 4.79 Å². The van der Waals surface area contributed by atoms with Crippen molar-refractivity contribution >= 4 is 5.97 Å². The van der Waals surface area contributed by atoms with Crippen LogP contribution in [0.25, 0.3) is 0 Å². The zero-order valence-electron chi connectivity index (χ0n) is 23.4. The van der Waals surface area contributed by atoms with E-state index in [9.17, 15) is 9.90 Å². The molecule has 1 aliphatic heterocycles. The third kappa shape index (κ3) is 6.81. The van der Waals surface area contributed by atoms with Crippen LogP contribution in [0.2, 0.25) is 0 Å². The van der Waals surface area contributed by atoms with E-state index in [0.717, 1.165) is 41.7 Å². The van der Waals surface area contributed by atoms with Crippen LogP contribution < -0.4 is 4.74 Å². The molecule has 5 heteroatoms. The number of likely N-dealkylation sites (N-methyl/N-ethyl adjacent to an activating group) is 1. The van der Waals surface area contributed by atoms with Crippen LogP contribution >= 0.6 is 0 Å². The van der Waals surface area contributed by atoms with Gasteiger partial charge in [-0.3, -0.25) is 0 Å². The summed E-state index contributed by atoms with van der Waals surface area (Å²) in [5.41, 5.74) is 2.83. The van der Waals surface area contributed by atoms with Gasteiger partial charge in [-0.2, -0.15) is 0 Å². The van der Waals surface area contributed by atoms with Gasteiger partial charge in [0.15, 0.2) is 6.54 Å². The molecule has 35 heavy (non-hydrogen) atoms. The zero-order chi connectivity index (χ0) is 26.0. The molecular formula is C30H48NO4+. The fraction of sp³-hybridized carbons (Fsp3) is 0.700. The molecule has 3 rings (SSSR count). The van der Waals surface area contributed by atoms with Crippen LogP contribution in [0.1, 0.15) is 96.6 Å². The first kappa shape index (κ1) is 27.6. The first-order valence-electron chi connectivity index (χ1n) is 13.4. The predicted octanol–water partition coefficient (Wildman–Crippen LogP) is 6.48. The summed E-state index contributed by atoms with van der Waals surface area (Å²) in [5, 5.41) is 11.3. The number of aromatic hydroxyl groups is 1. The molecule has 0 fully saturated rings. The van der Waals surface area contributed by atoms with E-state index in [1.165, 1.54) is 25.7 Å². The summed E-state index contributed by atoms with van der Waals surface area (Å²) in [4.78, 5) is 12.3. The lowest BCUT2D eigenvalue weighted by Gasteiger charge is -2.47. The second kappa shape index (κ2) is 10.5. The Morgan fingerprint density at radius 2 is 1.91 bits per heavy atom. The van der Waals surface area contributed by atoms with Crippen molar-refractivity contribution in [2.24, 2.45) is 5.92 Å². The third-order valence-electron chi connectivity index (χ3n) is 7.84. The lowest BCUT2D eigenvalue weighted by atomic mass is 9.66. The van der Waals surface area contributed by atoms with E-state index >= 15 is 0 Å². The summed E-state index contributed by atoms with van der Waals surface area (Å²) in [5.74, 6) is 1.39. The number of hydrogen-bond donors (Lipinski definition) is 1. The van der Waals surface area contributed by atoms with Gasteiger partial charge in [0.25, 0.3) is 0 Å². The average molecular weight is 487 g/mol. The number of benzene rings is 1. The summed E-state index contributed by atoms with van der Waals surface area (Å²) >= 11 is 0. The van der Waals surface area contributed by atoms with Gasteiger partial charge in [0.2, 0.25) is 0 Å². The molecule has 0 amide bonds. The Kier molecular flexibility index (Phi) is 8.30. The molecule has 1 N–H and O–H groups in total. The Morgan fingerprint density at radius 3 is 2.57 bits per heavy atom. The van der Waals surface area contributed by atoms with Gasteiger partial charge in [-0.05, 0) is 61.8 Å². The molecule has 2 aliphatic rings. The van der Waals surface area contributed by atoms with Gasteiger partial charge < -0.3 is 19.1 Å². The molecule has 1 heterocycles. The molecule has 2 atom stereocenters. The monoisotopic (exact) mass is 486 g/mol. The van der Waals surface area contributed by atoms with Crippen LogP contribution in [0.4, 0.5) is 0 Å². The lowest BCUT2D eigenvalue weighted by molar-refractivity contribution is -0.862. The summed E-state index contributed by atoms with van der Waals surface area (Å²) in [7, 11) is 5.95. The Labute approximate surface area is 213 Å². The summed E-state index contributed by atoms with van der Waals surface area (Å²) in [6, 6.07) is 4.14. The Balaban J connectivity index is 1.81. The summed E-state index contributed by atoms with van der Waals surface area (Å²) < 4.78 is 12.7. The minimum atomic E-state index is -0.337. The number of phenolic OH excluding ortho intramolecular Hbond substituents is 1. The molecule has 0 unspecified atom stereocenters. The largest absolute Gasteiger partial charge is 0.508 e. The number of unbranched alkanes of at least 4 members (excludes halogenated alkanes) is 3. The molecule has 5 nitrogen and oxygen atoms in total. The van der Waals surface area contributed by atoms with Crippen LogP contribution in [0.5, 0.6) is 11.5 Å². The number of nitrogens with zero attached hydrogens (tertiary/aromatic N) is 1. The average Bonchev–Trinajstić information content (AvgIpc) is 2.73. The van der Waals surface area contributed by atoms with Crippen molar-refractivity contribution in [3.8, 4) is 11.5 Å². The third-order valence-corrected chi connectivity index (χ3v) is 7.84. The van der Waals surface area contributed by atoms with Gasteiger partial charge in [-0.15, -0.1) is 0 Å². The number of phenols is 1. The number of fused-ring (bicyclic) bond motifs is 3. The van der Waals surface area contributed by atoms with Crippen molar-refractivity contribution in [3.05, 3.63) is 34.9 Å². The van der Waals surface area contributed by atoms with E-state index in [4.69, 9.17) is 9.47 Å². The summed E-state index contributed by atoms with van der Waals surface area (Å²) in [6.45, 7) is 11.8. The second-order valence-electron chi connectivity index (χ2n) is 12.9. The highest BCUT2D eigenvalue weighted by Crippen LogP contribution is 2.55. The molecule has 1 aromatic carbocycles. The molecule has 1 aliphatic carbocycles. The van der Waals surface area contributed by atoms with E-state index in [1.54, 1.807) is 0 Å². The lowest BCUT2D eigenvalue weighted by Crippen LogP contribution is -2.46. The zero-order valence-corrected chi connectivity index (χ0v) is 23.4. The first-order valence-corrected chi connectivity index (χ1v) is 13.4. The van der Waals surface area contributed by atoms with Gasteiger partial charge in [0.1, 0.15) is 23.7 Å². The molecule has 1 aromatic rings. The SMILES string of the molecule is CCCCCCC(C)(C)c1cc(O)c2c(c1)OC(C)(C)[C@H]1CC=C(COC(=O)C[N+](C)(C)C)C[C@H]21. The van der Waals surface area contributed by atoms with Crippen molar-refractivity contribution in [2.75, 3.05) is 34.3 Å². The van der Waals surface area contributed by atoms with E-state index < -0.39 is 0 Å². The molecule has 0 saturated heterocycles. The van der Waals surface area contributed by atoms with E-state index in [2.05, 4.69) is 46.8 Å². The van der Waals surface area contributed by atoms with Crippen molar-refractivity contribution in [3.63, 3.8) is 0 Å². The number of ether oxygens (including phenoxy) is 2. The van der Waals surface area contributed by atoms with Crippen molar-refractivity contribution in [1.29, 1.82) is 0 Å². The molecule has 196 valence electrons. The number of rotatable bonds is 10. The quantitative estimate of drug-likeness (QED) is 0.178. The number of allylic oxidation sites excluding steroid dienone is 1. The van der Waals surface area contributed by atoms with Crippen molar-refractivity contribution in [1.82, 2.24) is 0 Å². The first-order chi connectivity index (χ1) is 16.2. The maximum Gasteiger partial charge on any atom is 0.362 e. The second-order valence-corrected chi connectivity index (χ2v) is 12.9. The Morgan fingerprint density at radius 1 is 1.20 bits per heavy atom. The topological polar surface area (TPSA) is 55.8 Å². The summed E-state index contributed by atoms with van der Waals surface area (Å²) in [6.07, 6.45) is 9.87. The van der Waals surface area contributed by atoms with E-state index in [1.807, 2.05) is 27.2 Å². The highest BCUT2D eigenvalue weighted by Gasteiger charge is 2.46. The fourth-order valence-corrected chi connectivity index (χ4v) is 5.72. The molecule has 0 saturated carbocycles. The minimum Gasteiger partial charge on any atom is -0.508 e. The maximum atomic E-state index is 12.3. The van der Waals surface area contributed by atoms with Crippen molar-refractivity contribution in [2.45, 2.75) is 96.5 Å². The highest BCUT2D eigenvalue weighted by atomic mass is 16.5. The molecule has 0 radical (unpaired) electrons. The fourth-order valence-electron chi connectivity index (χ4n) is 5.72. The number of carbonyl (C=O) groups excluding carboxylic acids is 1. The smallest absolute Gasteiger partial charge is 0.362 e. The number of carbonyl (C=O) groups is 1. The van der Waals surface area contributed by atoms with Crippen LogP contribution in [0.15, 0.2) is 23.8 Å². The molecule has 0 bridgehead atoms. The maximum absolute atomic E-state index is 12.3. The van der Waals surface area contributed by atoms with Crippen LogP contribution in [-0.4, -0.2) is 55.5 Å². The van der Waals surface area contributed by atoms with Crippen LogP contribution in [-0.2, 0) is 14.9 Å². The molecule has 0 aromatic heterocycles. The van der Waals surface area contributed by atoms with Gasteiger partial charge >= 0.3 is 5.97 Å². The normalized spacial score (nSPS) is 21.4. The van der Waals surface area contributed by atoms with E-state index in [0.29, 0.717) is 23.4 Å². The number of quaternary nitrogens is 1. The molecular weight excluding hydrogens is 438 g/mol. The highest BCUT2D eigenvalue weighted by molar-refractivity contribution is 5.70. The predicted molar refractivity (Wildman–Crippen MR) is 142 cm³/mol. The van der Waals surface area contributed by atoms with Gasteiger partial charge in [-0.1, -0.05) is 52.5 Å². The van der Waals surface area contributed by atoms with E-state index in [-0.39, 0.29) is 28.8 Å². The standard InChI is InChI=1S/C30H47NO4/c1-9-10-11-12-15-29(2,3)22-17-25(32)28-23-16-21(20-34-27(33)19-31(6,7)8)13-14-24(23)30(4,5)35-26(28)18-22/h13,17-18,23-24H,9-12,14-16,19-20H2,1-8H3/p+1/t23-,24-/m0/s1. The Hall–Kier alpha value is -2.01. The van der Waals surface area contributed by atoms with Crippen molar-refractivity contribution < 1.29 is 23.9 Å². The van der Waals surface area contributed by atoms with Crippen LogP contribution in [0.3, 0.4) is 0 Å². The Bertz CT molecular complexity index is 938. The van der Waals surface area contributed by atoms with Gasteiger partial charge in [0, 0.05) is 17.4 Å². The van der Waals surface area contributed by atoms with Crippen LogP contribution in [0, 0.1) is 5.92 Å². The minimum absolute atomic E-state index is 0.0258. The number of hydrogen-bond acceptors (Lipinski definition) is 4.